The van der Waals surface area contributed by atoms with Crippen LogP contribution in [0.4, 0.5) is 0 Å². The number of hydrogen-bond donors (Lipinski definition) is 1. The zero-order chi connectivity index (χ0) is 11.9. The van der Waals surface area contributed by atoms with Gasteiger partial charge in [-0.15, -0.1) is 0 Å². The average molecular weight is 233 g/mol. The number of rotatable bonds is 2. The molecule has 2 aliphatic rings. The van der Waals surface area contributed by atoms with E-state index in [1.807, 2.05) is 6.07 Å². The van der Waals surface area contributed by atoms with E-state index in [0.29, 0.717) is 13.2 Å². The van der Waals surface area contributed by atoms with Gasteiger partial charge < -0.3 is 15.2 Å². The molecule has 1 aromatic carbocycles. The fourth-order valence-corrected chi connectivity index (χ4v) is 2.82. The molecule has 3 nitrogen and oxygen atoms in total. The lowest BCUT2D eigenvalue weighted by molar-refractivity contribution is 0.168. The fourth-order valence-electron chi connectivity index (χ4n) is 2.82. The first-order chi connectivity index (χ1) is 8.24. The van der Waals surface area contributed by atoms with Gasteiger partial charge in [0, 0.05) is 11.1 Å². The maximum Gasteiger partial charge on any atom is 0.164 e. The van der Waals surface area contributed by atoms with Crippen molar-refractivity contribution in [2.75, 3.05) is 13.2 Å². The van der Waals surface area contributed by atoms with Gasteiger partial charge in [0.2, 0.25) is 0 Å². The zero-order valence-electron chi connectivity index (χ0n) is 10.3. The summed E-state index contributed by atoms with van der Waals surface area (Å²) in [5.74, 6) is 1.80. The first kappa shape index (κ1) is 10.9. The van der Waals surface area contributed by atoms with Crippen molar-refractivity contribution >= 4 is 0 Å². The lowest BCUT2D eigenvalue weighted by atomic mass is 9.71. The molecule has 0 saturated heterocycles. The summed E-state index contributed by atoms with van der Waals surface area (Å²) in [5.41, 5.74) is 8.81. The Morgan fingerprint density at radius 3 is 2.65 bits per heavy atom. The van der Waals surface area contributed by atoms with Crippen molar-refractivity contribution in [1.82, 2.24) is 0 Å². The Hall–Kier alpha value is -1.22. The van der Waals surface area contributed by atoms with Gasteiger partial charge in [-0.2, -0.15) is 0 Å². The summed E-state index contributed by atoms with van der Waals surface area (Å²) in [5, 5.41) is 0. The van der Waals surface area contributed by atoms with Crippen LogP contribution in [0.15, 0.2) is 12.1 Å². The maximum atomic E-state index is 6.44. The first-order valence-corrected chi connectivity index (χ1v) is 6.45. The predicted octanol–water partition coefficient (Wildman–Crippen LogP) is 2.36. The molecule has 0 aromatic heterocycles. The van der Waals surface area contributed by atoms with Crippen molar-refractivity contribution in [3.05, 3.63) is 23.3 Å². The van der Waals surface area contributed by atoms with Crippen molar-refractivity contribution in [3.63, 3.8) is 0 Å². The topological polar surface area (TPSA) is 44.5 Å². The Morgan fingerprint density at radius 1 is 1.24 bits per heavy atom. The van der Waals surface area contributed by atoms with Gasteiger partial charge in [0.25, 0.3) is 0 Å². The molecular formula is C14H19NO2. The molecule has 0 radical (unpaired) electrons. The number of ether oxygens (including phenoxy) is 2. The van der Waals surface area contributed by atoms with Crippen LogP contribution in [-0.4, -0.2) is 13.2 Å². The van der Waals surface area contributed by atoms with E-state index in [1.165, 1.54) is 17.5 Å². The number of benzene rings is 1. The average Bonchev–Trinajstić information content (AvgIpc) is 2.34. The normalized spacial score (nSPS) is 20.8. The molecule has 2 N–H and O–H groups in total. The van der Waals surface area contributed by atoms with Crippen LogP contribution in [0.25, 0.3) is 0 Å². The summed E-state index contributed by atoms with van der Waals surface area (Å²) < 4.78 is 11.4. The highest BCUT2D eigenvalue weighted by Gasteiger charge is 2.37. The molecule has 1 aromatic rings. The smallest absolute Gasteiger partial charge is 0.164 e. The minimum Gasteiger partial charge on any atom is -0.486 e. The van der Waals surface area contributed by atoms with Crippen molar-refractivity contribution in [2.45, 2.75) is 38.1 Å². The van der Waals surface area contributed by atoms with Gasteiger partial charge in [-0.25, -0.2) is 0 Å². The van der Waals surface area contributed by atoms with E-state index in [-0.39, 0.29) is 5.54 Å². The largest absolute Gasteiger partial charge is 0.486 e. The zero-order valence-corrected chi connectivity index (χ0v) is 10.3. The van der Waals surface area contributed by atoms with E-state index in [9.17, 15) is 0 Å². The molecule has 1 aliphatic carbocycles. The van der Waals surface area contributed by atoms with E-state index < -0.39 is 0 Å². The van der Waals surface area contributed by atoms with Crippen LogP contribution in [0.1, 0.15) is 37.3 Å². The molecule has 1 saturated carbocycles. The third-order valence-electron chi connectivity index (χ3n) is 3.95. The van der Waals surface area contributed by atoms with Gasteiger partial charge in [-0.3, -0.25) is 0 Å². The van der Waals surface area contributed by atoms with Gasteiger partial charge in [0.1, 0.15) is 13.2 Å². The summed E-state index contributed by atoms with van der Waals surface area (Å²) >= 11 is 0. The Morgan fingerprint density at radius 2 is 2.00 bits per heavy atom. The molecule has 3 heteroatoms. The molecule has 17 heavy (non-hydrogen) atoms. The predicted molar refractivity (Wildman–Crippen MR) is 66.5 cm³/mol. The van der Waals surface area contributed by atoms with Crippen LogP contribution in [-0.2, 0) is 12.0 Å². The van der Waals surface area contributed by atoms with E-state index in [0.717, 1.165) is 30.8 Å². The molecular weight excluding hydrogens is 214 g/mol. The highest BCUT2D eigenvalue weighted by molar-refractivity contribution is 5.54. The summed E-state index contributed by atoms with van der Waals surface area (Å²) in [6, 6.07) is 4.14. The summed E-state index contributed by atoms with van der Waals surface area (Å²) in [4.78, 5) is 0. The minimum absolute atomic E-state index is 0.124. The van der Waals surface area contributed by atoms with E-state index in [4.69, 9.17) is 15.2 Å². The standard InChI is InChI=1S/C14H19NO2/c1-2-10-11(14(15)6-3-7-14)4-5-12-13(10)17-9-8-16-12/h4-5H,2-3,6-9,15H2,1H3. The summed E-state index contributed by atoms with van der Waals surface area (Å²) in [6.45, 7) is 3.43. The highest BCUT2D eigenvalue weighted by Crippen LogP contribution is 2.45. The second kappa shape index (κ2) is 3.91. The SMILES string of the molecule is CCc1c(C2(N)CCC2)ccc2c1OCCO2. The fraction of sp³-hybridized carbons (Fsp3) is 0.571. The third-order valence-corrected chi connectivity index (χ3v) is 3.95. The van der Waals surface area contributed by atoms with Crippen LogP contribution in [0.3, 0.4) is 0 Å². The summed E-state index contributed by atoms with van der Waals surface area (Å²) in [7, 11) is 0. The number of hydrogen-bond acceptors (Lipinski definition) is 3. The summed E-state index contributed by atoms with van der Waals surface area (Å²) in [6.07, 6.45) is 4.34. The van der Waals surface area contributed by atoms with E-state index in [1.54, 1.807) is 0 Å². The van der Waals surface area contributed by atoms with Crippen LogP contribution in [0.5, 0.6) is 11.5 Å². The minimum atomic E-state index is -0.124. The van der Waals surface area contributed by atoms with Gasteiger partial charge in [0.15, 0.2) is 11.5 Å². The van der Waals surface area contributed by atoms with Gasteiger partial charge in [0.05, 0.1) is 0 Å². The molecule has 1 heterocycles. The second-order valence-corrected chi connectivity index (χ2v) is 4.98. The van der Waals surface area contributed by atoms with Crippen LogP contribution < -0.4 is 15.2 Å². The van der Waals surface area contributed by atoms with Crippen LogP contribution in [0, 0.1) is 0 Å². The van der Waals surface area contributed by atoms with Gasteiger partial charge in [-0.1, -0.05) is 13.0 Å². The van der Waals surface area contributed by atoms with Crippen molar-refractivity contribution in [1.29, 1.82) is 0 Å². The molecule has 0 spiro atoms. The Bertz CT molecular complexity index is 438. The lowest BCUT2D eigenvalue weighted by Crippen LogP contribution is -2.44. The molecule has 0 unspecified atom stereocenters. The van der Waals surface area contributed by atoms with Crippen LogP contribution in [0.2, 0.25) is 0 Å². The van der Waals surface area contributed by atoms with Crippen molar-refractivity contribution in [2.24, 2.45) is 5.73 Å². The molecule has 3 rings (SSSR count). The Balaban J connectivity index is 2.10. The number of fused-ring (bicyclic) bond motifs is 1. The lowest BCUT2D eigenvalue weighted by Gasteiger charge is -2.40. The van der Waals surface area contributed by atoms with Gasteiger partial charge in [-0.05, 0) is 37.3 Å². The second-order valence-electron chi connectivity index (χ2n) is 4.98. The van der Waals surface area contributed by atoms with Crippen molar-refractivity contribution in [3.8, 4) is 11.5 Å². The van der Waals surface area contributed by atoms with Gasteiger partial charge >= 0.3 is 0 Å². The van der Waals surface area contributed by atoms with E-state index >= 15 is 0 Å². The Kier molecular flexibility index (Phi) is 2.51. The maximum absolute atomic E-state index is 6.44. The quantitative estimate of drug-likeness (QED) is 0.852. The molecule has 0 amide bonds. The molecule has 0 bridgehead atoms. The van der Waals surface area contributed by atoms with Crippen LogP contribution >= 0.6 is 0 Å². The number of nitrogens with two attached hydrogens (primary N) is 1. The molecule has 0 atom stereocenters. The third kappa shape index (κ3) is 1.61. The molecule has 92 valence electrons. The van der Waals surface area contributed by atoms with Crippen molar-refractivity contribution < 1.29 is 9.47 Å². The molecule has 1 aliphatic heterocycles. The monoisotopic (exact) mass is 233 g/mol. The molecule has 1 fully saturated rings. The Labute approximate surface area is 102 Å². The van der Waals surface area contributed by atoms with E-state index in [2.05, 4.69) is 13.0 Å². The first-order valence-electron chi connectivity index (χ1n) is 6.45. The highest BCUT2D eigenvalue weighted by atomic mass is 16.6.